The number of carbonyl (C=O) groups is 1. The highest BCUT2D eigenvalue weighted by Crippen LogP contribution is 2.52. The van der Waals surface area contributed by atoms with Gasteiger partial charge in [-0.3, -0.25) is 4.79 Å². The summed E-state index contributed by atoms with van der Waals surface area (Å²) in [6, 6.07) is 14.5. The number of carbonyl (C=O) groups excluding carboxylic acids is 1. The van der Waals surface area contributed by atoms with Crippen LogP contribution in [-0.2, 0) is 0 Å². The lowest BCUT2D eigenvalue weighted by Gasteiger charge is -2.55. The summed E-state index contributed by atoms with van der Waals surface area (Å²) < 4.78 is 0. The summed E-state index contributed by atoms with van der Waals surface area (Å²) in [4.78, 5) is 18.9. The summed E-state index contributed by atoms with van der Waals surface area (Å²) in [7, 11) is 0. The van der Waals surface area contributed by atoms with E-state index in [4.69, 9.17) is 0 Å². The second-order valence-corrected chi connectivity index (χ2v) is 10.1. The van der Waals surface area contributed by atoms with Gasteiger partial charge in [0.05, 0.1) is 4.88 Å². The molecule has 1 amide bonds. The minimum absolute atomic E-state index is 0. The highest BCUT2D eigenvalue weighted by molar-refractivity contribution is 7.12. The molecule has 5 heteroatoms. The molecule has 0 bridgehead atoms. The Balaban J connectivity index is 0.00000205. The van der Waals surface area contributed by atoms with Gasteiger partial charge < -0.3 is 9.80 Å². The van der Waals surface area contributed by atoms with Gasteiger partial charge in [0.15, 0.2) is 0 Å². The standard InChI is InChI=1S/C24H30N2OS.ClH/c27-23(22-10-5-15-28-22)26(20-8-2-1-3-9-20)21-16-24(17-21)11-13-25(14-12-24)18-19-6-4-7-19;/h1-3,5,8-10,15,19,21H,4,6-7,11-14,16-18H2;1H. The van der Waals surface area contributed by atoms with E-state index in [0.717, 1.165) is 29.3 Å². The monoisotopic (exact) mass is 430 g/mol. The van der Waals surface area contributed by atoms with Gasteiger partial charge in [-0.2, -0.15) is 0 Å². The average molecular weight is 431 g/mol. The van der Waals surface area contributed by atoms with E-state index < -0.39 is 0 Å². The Morgan fingerprint density at radius 1 is 1.07 bits per heavy atom. The van der Waals surface area contributed by atoms with E-state index in [9.17, 15) is 4.79 Å². The Morgan fingerprint density at radius 2 is 1.79 bits per heavy atom. The molecule has 5 rings (SSSR count). The number of benzene rings is 1. The summed E-state index contributed by atoms with van der Waals surface area (Å²) in [5.41, 5.74) is 1.52. The molecule has 0 radical (unpaired) electrons. The molecular formula is C24H31ClN2OS. The largest absolute Gasteiger partial charge is 0.305 e. The van der Waals surface area contributed by atoms with Crippen LogP contribution in [0.4, 0.5) is 5.69 Å². The summed E-state index contributed by atoms with van der Waals surface area (Å²) in [5.74, 6) is 1.14. The first kappa shape index (κ1) is 20.9. The van der Waals surface area contributed by atoms with Crippen molar-refractivity contribution >= 4 is 35.3 Å². The number of halogens is 1. The summed E-state index contributed by atoms with van der Waals surface area (Å²) in [6.45, 7) is 3.84. The number of likely N-dealkylation sites (tertiary alicyclic amines) is 1. The zero-order valence-electron chi connectivity index (χ0n) is 17.0. The molecule has 1 aromatic heterocycles. The second-order valence-electron chi connectivity index (χ2n) is 9.15. The highest BCUT2D eigenvalue weighted by Gasteiger charge is 2.49. The fraction of sp³-hybridized carbons (Fsp3) is 0.542. The molecule has 3 nitrogen and oxygen atoms in total. The third-order valence-electron chi connectivity index (χ3n) is 7.35. The molecule has 29 heavy (non-hydrogen) atoms. The Kier molecular flexibility index (Phi) is 6.33. The minimum atomic E-state index is 0. The molecule has 2 heterocycles. The molecule has 2 aromatic rings. The summed E-state index contributed by atoms with van der Waals surface area (Å²) >= 11 is 1.55. The van der Waals surface area contributed by atoms with Crippen LogP contribution >= 0.6 is 23.7 Å². The van der Waals surface area contributed by atoms with Crippen LogP contribution in [0.3, 0.4) is 0 Å². The number of hydrogen-bond donors (Lipinski definition) is 0. The maximum absolute atomic E-state index is 13.3. The lowest BCUT2D eigenvalue weighted by atomic mass is 9.59. The summed E-state index contributed by atoms with van der Waals surface area (Å²) in [5, 5.41) is 2.00. The van der Waals surface area contributed by atoms with Crippen LogP contribution in [-0.4, -0.2) is 36.5 Å². The van der Waals surface area contributed by atoms with Gasteiger partial charge in [0, 0.05) is 18.3 Å². The van der Waals surface area contributed by atoms with Gasteiger partial charge in [-0.15, -0.1) is 23.7 Å². The van der Waals surface area contributed by atoms with E-state index >= 15 is 0 Å². The van der Waals surface area contributed by atoms with Crippen molar-refractivity contribution in [1.29, 1.82) is 0 Å². The van der Waals surface area contributed by atoms with Crippen LogP contribution in [0.25, 0.3) is 0 Å². The van der Waals surface area contributed by atoms with Crippen molar-refractivity contribution < 1.29 is 4.79 Å². The molecular weight excluding hydrogens is 400 g/mol. The first-order chi connectivity index (χ1) is 13.7. The number of hydrogen-bond acceptors (Lipinski definition) is 3. The quantitative estimate of drug-likeness (QED) is 0.592. The first-order valence-corrected chi connectivity index (χ1v) is 11.7. The van der Waals surface area contributed by atoms with Gasteiger partial charge in [-0.25, -0.2) is 0 Å². The topological polar surface area (TPSA) is 23.6 Å². The summed E-state index contributed by atoms with van der Waals surface area (Å²) in [6.07, 6.45) is 9.28. The van der Waals surface area contributed by atoms with Crippen LogP contribution in [0.2, 0.25) is 0 Å². The number of anilines is 1. The van der Waals surface area contributed by atoms with E-state index in [1.807, 2.05) is 35.7 Å². The van der Waals surface area contributed by atoms with Gasteiger partial charge >= 0.3 is 0 Å². The van der Waals surface area contributed by atoms with Crippen LogP contribution < -0.4 is 4.90 Å². The number of rotatable bonds is 5. The zero-order valence-corrected chi connectivity index (χ0v) is 18.6. The molecule has 1 aliphatic heterocycles. The molecule has 0 N–H and O–H groups in total. The van der Waals surface area contributed by atoms with Gasteiger partial charge in [-0.1, -0.05) is 30.7 Å². The van der Waals surface area contributed by atoms with Crippen molar-refractivity contribution in [2.75, 3.05) is 24.5 Å². The number of amides is 1. The predicted molar refractivity (Wildman–Crippen MR) is 123 cm³/mol. The molecule has 156 valence electrons. The Morgan fingerprint density at radius 3 is 2.38 bits per heavy atom. The van der Waals surface area contributed by atoms with Crippen molar-refractivity contribution in [3.05, 3.63) is 52.7 Å². The van der Waals surface area contributed by atoms with Gasteiger partial charge in [0.2, 0.25) is 0 Å². The van der Waals surface area contributed by atoms with Gasteiger partial charge in [0.25, 0.3) is 5.91 Å². The SMILES string of the molecule is Cl.O=C(c1cccs1)N(c1ccccc1)C1CC2(CCN(CC3CCC3)CC2)C1. The highest BCUT2D eigenvalue weighted by atomic mass is 35.5. The van der Waals surface area contributed by atoms with Gasteiger partial charge in [0.1, 0.15) is 0 Å². The molecule has 1 saturated heterocycles. The van der Waals surface area contributed by atoms with Crippen LogP contribution in [0.1, 0.15) is 54.6 Å². The zero-order chi connectivity index (χ0) is 19.0. The molecule has 3 aliphatic rings. The lowest BCUT2D eigenvalue weighted by Crippen LogP contribution is -2.57. The van der Waals surface area contributed by atoms with E-state index in [0.29, 0.717) is 11.5 Å². The van der Waals surface area contributed by atoms with Crippen molar-refractivity contribution in [2.24, 2.45) is 11.3 Å². The second kappa shape index (κ2) is 8.79. The minimum Gasteiger partial charge on any atom is -0.305 e. The molecule has 1 spiro atoms. The molecule has 3 fully saturated rings. The average Bonchev–Trinajstić information content (AvgIpc) is 3.20. The lowest BCUT2D eigenvalue weighted by molar-refractivity contribution is 0.00680. The molecule has 2 saturated carbocycles. The molecule has 1 aromatic carbocycles. The predicted octanol–water partition coefficient (Wildman–Crippen LogP) is 5.86. The van der Waals surface area contributed by atoms with E-state index in [2.05, 4.69) is 21.9 Å². The number of piperidine rings is 1. The number of nitrogens with zero attached hydrogens (tertiary/aromatic N) is 2. The van der Waals surface area contributed by atoms with Crippen LogP contribution in [0.5, 0.6) is 0 Å². The fourth-order valence-electron chi connectivity index (χ4n) is 5.38. The third-order valence-corrected chi connectivity index (χ3v) is 8.20. The van der Waals surface area contributed by atoms with E-state index in [-0.39, 0.29) is 18.3 Å². The Bertz CT molecular complexity index is 790. The number of para-hydroxylation sites is 1. The number of thiophene rings is 1. The molecule has 0 atom stereocenters. The maximum atomic E-state index is 13.3. The van der Waals surface area contributed by atoms with Crippen molar-refractivity contribution in [3.8, 4) is 0 Å². The maximum Gasteiger partial charge on any atom is 0.268 e. The normalized spacial score (nSPS) is 21.8. The van der Waals surface area contributed by atoms with Crippen LogP contribution in [0.15, 0.2) is 47.8 Å². The van der Waals surface area contributed by atoms with Crippen molar-refractivity contribution in [1.82, 2.24) is 4.90 Å². The third kappa shape index (κ3) is 4.26. The van der Waals surface area contributed by atoms with Crippen molar-refractivity contribution in [3.63, 3.8) is 0 Å². The Hall–Kier alpha value is -1.36. The molecule has 2 aliphatic carbocycles. The van der Waals surface area contributed by atoms with E-state index in [1.165, 1.54) is 51.7 Å². The van der Waals surface area contributed by atoms with Crippen molar-refractivity contribution in [2.45, 2.75) is 51.0 Å². The Labute approximate surface area is 184 Å². The van der Waals surface area contributed by atoms with E-state index in [1.54, 1.807) is 11.3 Å². The smallest absolute Gasteiger partial charge is 0.268 e. The first-order valence-electron chi connectivity index (χ1n) is 10.9. The van der Waals surface area contributed by atoms with Crippen LogP contribution in [0, 0.1) is 11.3 Å². The molecule has 0 unspecified atom stereocenters. The van der Waals surface area contributed by atoms with Gasteiger partial charge in [-0.05, 0) is 86.5 Å². The fourth-order valence-corrected chi connectivity index (χ4v) is 6.04.